The van der Waals surface area contributed by atoms with Crippen molar-refractivity contribution in [2.24, 2.45) is 0 Å². The van der Waals surface area contributed by atoms with Gasteiger partial charge in [0.05, 0.1) is 31.4 Å². The number of hydrogen-bond donors (Lipinski definition) is 0. The first-order valence-corrected chi connectivity index (χ1v) is 8.87. The maximum Gasteiger partial charge on any atom is 0.374 e. The van der Waals surface area contributed by atoms with Gasteiger partial charge in [0.1, 0.15) is 6.54 Å². The quantitative estimate of drug-likeness (QED) is 0.360. The Hall–Kier alpha value is -3.07. The molecule has 1 aromatic carbocycles. The summed E-state index contributed by atoms with van der Waals surface area (Å²) in [4.78, 5) is 40.8. The molecule has 8 nitrogen and oxygen atoms in total. The first kappa shape index (κ1) is 18.7. The number of nitrogens with zero attached hydrogens (tertiary/aromatic N) is 2. The fraction of sp³-hybridized carbons (Fsp3) is 0.222. The third-order valence-corrected chi connectivity index (χ3v) is 4.84. The highest BCUT2D eigenvalue weighted by molar-refractivity contribution is 7.98. The fourth-order valence-corrected chi connectivity index (χ4v) is 3.43. The molecule has 0 aliphatic rings. The highest BCUT2D eigenvalue weighted by Crippen LogP contribution is 2.25. The lowest BCUT2D eigenvalue weighted by Crippen LogP contribution is -2.27. The third kappa shape index (κ3) is 3.87. The number of thioether (sulfide) groups is 1. The summed E-state index contributed by atoms with van der Waals surface area (Å²) in [7, 11) is 2.52. The van der Waals surface area contributed by atoms with Crippen LogP contribution in [0.15, 0.2) is 51.0 Å². The van der Waals surface area contributed by atoms with E-state index in [0.29, 0.717) is 27.4 Å². The number of carbonyl (C=O) groups is 2. The van der Waals surface area contributed by atoms with Crippen molar-refractivity contribution in [3.63, 3.8) is 0 Å². The summed E-state index contributed by atoms with van der Waals surface area (Å²) in [5.74, 6) is -0.761. The SMILES string of the molecule is COC(=O)Cn1c(SCc2ccoc2C(=O)OC)nc2ccccc2c1=O. The van der Waals surface area contributed by atoms with Gasteiger partial charge in [0.15, 0.2) is 5.16 Å². The van der Waals surface area contributed by atoms with Crippen LogP contribution in [0.4, 0.5) is 0 Å². The smallest absolute Gasteiger partial charge is 0.374 e. The number of carbonyl (C=O) groups excluding carboxylic acids is 2. The molecule has 0 radical (unpaired) electrons. The standard InChI is InChI=1S/C18H16N2O6S/c1-24-14(21)9-20-16(22)12-5-3-4-6-13(12)19-18(20)27-10-11-7-8-26-15(11)17(23)25-2/h3-8H,9-10H2,1-2H3. The molecule has 0 atom stereocenters. The van der Waals surface area contributed by atoms with Crippen molar-refractivity contribution in [2.45, 2.75) is 17.5 Å². The lowest BCUT2D eigenvalue weighted by atomic mass is 10.2. The van der Waals surface area contributed by atoms with E-state index < -0.39 is 11.9 Å². The van der Waals surface area contributed by atoms with Gasteiger partial charge in [0.2, 0.25) is 5.76 Å². The highest BCUT2D eigenvalue weighted by Gasteiger charge is 2.19. The molecule has 2 heterocycles. The van der Waals surface area contributed by atoms with Crippen LogP contribution in [0.3, 0.4) is 0 Å². The van der Waals surface area contributed by atoms with Crippen molar-refractivity contribution in [1.29, 1.82) is 0 Å². The average Bonchev–Trinajstić information content (AvgIpc) is 3.16. The molecule has 0 saturated carbocycles. The zero-order valence-electron chi connectivity index (χ0n) is 14.6. The number of ether oxygens (including phenoxy) is 2. The predicted molar refractivity (Wildman–Crippen MR) is 97.6 cm³/mol. The maximum absolute atomic E-state index is 12.8. The van der Waals surface area contributed by atoms with Gasteiger partial charge in [-0.05, 0) is 18.2 Å². The van der Waals surface area contributed by atoms with Gasteiger partial charge >= 0.3 is 11.9 Å². The molecule has 140 valence electrons. The summed E-state index contributed by atoms with van der Waals surface area (Å²) >= 11 is 1.20. The normalized spacial score (nSPS) is 10.7. The number of aromatic nitrogens is 2. The van der Waals surface area contributed by atoms with E-state index in [2.05, 4.69) is 14.5 Å². The molecule has 3 aromatic rings. The van der Waals surface area contributed by atoms with Crippen molar-refractivity contribution < 1.29 is 23.5 Å². The molecule has 0 amide bonds. The van der Waals surface area contributed by atoms with Crippen LogP contribution in [-0.2, 0) is 26.6 Å². The summed E-state index contributed by atoms with van der Waals surface area (Å²) in [6.45, 7) is -0.259. The van der Waals surface area contributed by atoms with Crippen LogP contribution in [0.5, 0.6) is 0 Å². The minimum atomic E-state index is -0.589. The van der Waals surface area contributed by atoms with Crippen LogP contribution in [0.2, 0.25) is 0 Å². The number of para-hydroxylation sites is 1. The van der Waals surface area contributed by atoms with Gasteiger partial charge in [-0.15, -0.1) is 0 Å². The largest absolute Gasteiger partial charge is 0.468 e. The van der Waals surface area contributed by atoms with Gasteiger partial charge < -0.3 is 13.9 Å². The third-order valence-electron chi connectivity index (χ3n) is 3.82. The van der Waals surface area contributed by atoms with E-state index in [1.54, 1.807) is 30.3 Å². The lowest BCUT2D eigenvalue weighted by Gasteiger charge is -2.12. The molecule has 2 aromatic heterocycles. The highest BCUT2D eigenvalue weighted by atomic mass is 32.2. The van der Waals surface area contributed by atoms with Gasteiger partial charge in [-0.2, -0.15) is 0 Å². The average molecular weight is 388 g/mol. The molecule has 3 rings (SSSR count). The molecule has 0 N–H and O–H groups in total. The summed E-state index contributed by atoms with van der Waals surface area (Å²) < 4.78 is 15.8. The Morgan fingerprint density at radius 1 is 1.19 bits per heavy atom. The number of methoxy groups -OCH3 is 2. The van der Waals surface area contributed by atoms with Gasteiger partial charge in [0, 0.05) is 11.3 Å². The summed E-state index contributed by atoms with van der Waals surface area (Å²) in [5, 5.41) is 0.741. The zero-order valence-corrected chi connectivity index (χ0v) is 15.4. The molecule has 0 aliphatic carbocycles. The van der Waals surface area contributed by atoms with Crippen LogP contribution in [0.1, 0.15) is 16.1 Å². The summed E-state index contributed by atoms with van der Waals surface area (Å²) in [6.07, 6.45) is 1.39. The van der Waals surface area contributed by atoms with Crippen LogP contribution in [0, 0.1) is 0 Å². The first-order chi connectivity index (χ1) is 13.0. The lowest BCUT2D eigenvalue weighted by molar-refractivity contribution is -0.141. The topological polar surface area (TPSA) is 101 Å². The molecule has 0 saturated heterocycles. The summed E-state index contributed by atoms with van der Waals surface area (Å²) in [6, 6.07) is 8.52. The Kier molecular flexibility index (Phi) is 5.60. The van der Waals surface area contributed by atoms with Crippen molar-refractivity contribution in [3.05, 3.63) is 58.3 Å². The van der Waals surface area contributed by atoms with Crippen LogP contribution >= 0.6 is 11.8 Å². The van der Waals surface area contributed by atoms with Gasteiger partial charge in [-0.1, -0.05) is 23.9 Å². The van der Waals surface area contributed by atoms with E-state index in [-0.39, 0.29) is 17.9 Å². The second kappa shape index (κ2) is 8.09. The maximum atomic E-state index is 12.8. The molecule has 0 unspecified atom stereocenters. The van der Waals surface area contributed by atoms with E-state index in [1.165, 1.54) is 36.8 Å². The Morgan fingerprint density at radius 2 is 1.96 bits per heavy atom. The number of fused-ring (bicyclic) bond motifs is 1. The van der Waals surface area contributed by atoms with Crippen molar-refractivity contribution in [1.82, 2.24) is 9.55 Å². The number of rotatable bonds is 6. The molecule has 0 aliphatic heterocycles. The Labute approximate surface area is 158 Å². The second-order valence-electron chi connectivity index (χ2n) is 5.43. The van der Waals surface area contributed by atoms with E-state index in [9.17, 15) is 14.4 Å². The van der Waals surface area contributed by atoms with Gasteiger partial charge in [0.25, 0.3) is 5.56 Å². The van der Waals surface area contributed by atoms with Crippen molar-refractivity contribution in [3.8, 4) is 0 Å². The number of benzene rings is 1. The van der Waals surface area contributed by atoms with Crippen LogP contribution < -0.4 is 5.56 Å². The number of esters is 2. The molecule has 0 fully saturated rings. The van der Waals surface area contributed by atoms with Gasteiger partial charge in [-0.3, -0.25) is 14.2 Å². The number of hydrogen-bond acceptors (Lipinski definition) is 8. The van der Waals surface area contributed by atoms with Crippen LogP contribution in [0.25, 0.3) is 10.9 Å². The van der Waals surface area contributed by atoms with Gasteiger partial charge in [-0.25, -0.2) is 9.78 Å². The first-order valence-electron chi connectivity index (χ1n) is 7.89. The predicted octanol–water partition coefficient (Wildman–Crippen LogP) is 2.24. The second-order valence-corrected chi connectivity index (χ2v) is 6.38. The minimum absolute atomic E-state index is 0.0904. The molecule has 9 heteroatoms. The van der Waals surface area contributed by atoms with E-state index >= 15 is 0 Å². The molecular formula is C18H16N2O6S. The van der Waals surface area contributed by atoms with E-state index in [1.807, 2.05) is 0 Å². The Morgan fingerprint density at radius 3 is 2.70 bits per heavy atom. The van der Waals surface area contributed by atoms with Crippen molar-refractivity contribution >= 4 is 34.6 Å². The minimum Gasteiger partial charge on any atom is -0.468 e. The van der Waals surface area contributed by atoms with Crippen molar-refractivity contribution in [2.75, 3.05) is 14.2 Å². The van der Waals surface area contributed by atoms with E-state index in [0.717, 1.165) is 0 Å². The molecular weight excluding hydrogens is 372 g/mol. The summed E-state index contributed by atoms with van der Waals surface area (Å²) in [5.41, 5.74) is 0.777. The Balaban J connectivity index is 1.99. The fourth-order valence-electron chi connectivity index (χ4n) is 2.45. The molecule has 0 spiro atoms. The van der Waals surface area contributed by atoms with E-state index in [4.69, 9.17) is 4.42 Å². The zero-order chi connectivity index (χ0) is 19.4. The number of furan rings is 1. The van der Waals surface area contributed by atoms with Crippen LogP contribution in [-0.4, -0.2) is 35.7 Å². The monoisotopic (exact) mass is 388 g/mol. The Bertz CT molecular complexity index is 1060. The molecule has 0 bridgehead atoms. The molecule has 27 heavy (non-hydrogen) atoms.